The third-order valence-corrected chi connectivity index (χ3v) is 2.72. The summed E-state index contributed by atoms with van der Waals surface area (Å²) in [4.78, 5) is 11.0. The maximum Gasteiger partial charge on any atom is 0.157 e. The summed E-state index contributed by atoms with van der Waals surface area (Å²) in [5, 5.41) is 3.37. The van der Waals surface area contributed by atoms with E-state index in [4.69, 9.17) is 4.74 Å². The molecule has 13 heavy (non-hydrogen) atoms. The fourth-order valence-electron chi connectivity index (χ4n) is 1.87. The third kappa shape index (κ3) is 1.91. The topological polar surface area (TPSA) is 38.3 Å². The number of allylic oxidation sites excluding steroid dienone is 2. The van der Waals surface area contributed by atoms with Crippen LogP contribution in [0.15, 0.2) is 11.8 Å². The summed E-state index contributed by atoms with van der Waals surface area (Å²) >= 11 is 0. The Hall–Kier alpha value is -0.830. The molecule has 0 spiro atoms. The molecule has 1 saturated heterocycles. The van der Waals surface area contributed by atoms with E-state index in [1.54, 1.807) is 6.08 Å². The van der Waals surface area contributed by atoms with Crippen molar-refractivity contribution < 1.29 is 9.53 Å². The molecule has 0 aromatic carbocycles. The van der Waals surface area contributed by atoms with Gasteiger partial charge in [0.25, 0.3) is 0 Å². The van der Waals surface area contributed by atoms with E-state index in [0.717, 1.165) is 25.1 Å². The highest BCUT2D eigenvalue weighted by Crippen LogP contribution is 2.18. The first-order chi connectivity index (χ1) is 6.25. The molecular formula is C10H15NO2. The van der Waals surface area contributed by atoms with E-state index in [0.29, 0.717) is 12.5 Å². The van der Waals surface area contributed by atoms with Crippen LogP contribution in [-0.4, -0.2) is 24.5 Å². The number of rotatable bonds is 2. The molecule has 2 unspecified atom stereocenters. The molecule has 1 fully saturated rings. The molecule has 72 valence electrons. The van der Waals surface area contributed by atoms with Crippen molar-refractivity contribution >= 4 is 5.78 Å². The van der Waals surface area contributed by atoms with E-state index in [2.05, 4.69) is 12.2 Å². The molecule has 0 amide bonds. The average molecular weight is 181 g/mol. The lowest BCUT2D eigenvalue weighted by Crippen LogP contribution is -2.33. The van der Waals surface area contributed by atoms with Gasteiger partial charge < -0.3 is 10.1 Å². The van der Waals surface area contributed by atoms with Gasteiger partial charge in [-0.25, -0.2) is 0 Å². The Labute approximate surface area is 78.1 Å². The highest BCUT2D eigenvalue weighted by atomic mass is 16.5. The highest BCUT2D eigenvalue weighted by Gasteiger charge is 2.25. The molecule has 2 atom stereocenters. The van der Waals surface area contributed by atoms with Gasteiger partial charge >= 0.3 is 0 Å². The van der Waals surface area contributed by atoms with Crippen LogP contribution in [0.4, 0.5) is 0 Å². The van der Waals surface area contributed by atoms with Crippen LogP contribution >= 0.6 is 0 Å². The zero-order valence-electron chi connectivity index (χ0n) is 7.88. The van der Waals surface area contributed by atoms with Gasteiger partial charge in [0.05, 0.1) is 12.1 Å². The van der Waals surface area contributed by atoms with E-state index in [1.807, 2.05) is 0 Å². The zero-order valence-corrected chi connectivity index (χ0v) is 7.88. The molecule has 0 radical (unpaired) electrons. The SMILES string of the molecule is CC1OCCC1NC1=CC(=O)CC1. The number of nitrogens with one attached hydrogen (secondary N) is 1. The summed E-state index contributed by atoms with van der Waals surface area (Å²) in [6.07, 6.45) is 4.60. The van der Waals surface area contributed by atoms with Crippen LogP contribution in [0.2, 0.25) is 0 Å². The van der Waals surface area contributed by atoms with Gasteiger partial charge in [-0.15, -0.1) is 0 Å². The summed E-state index contributed by atoms with van der Waals surface area (Å²) in [7, 11) is 0. The van der Waals surface area contributed by atoms with Crippen molar-refractivity contribution in [2.45, 2.75) is 38.3 Å². The molecule has 0 bridgehead atoms. The number of ether oxygens (including phenoxy) is 1. The molecule has 1 heterocycles. The van der Waals surface area contributed by atoms with Crippen LogP contribution in [-0.2, 0) is 9.53 Å². The first kappa shape index (κ1) is 8.75. The number of ketones is 1. The third-order valence-electron chi connectivity index (χ3n) is 2.72. The molecule has 1 N–H and O–H groups in total. The Kier molecular flexibility index (Phi) is 2.36. The first-order valence-corrected chi connectivity index (χ1v) is 4.87. The smallest absolute Gasteiger partial charge is 0.157 e. The Bertz CT molecular complexity index is 247. The first-order valence-electron chi connectivity index (χ1n) is 4.87. The molecule has 0 aromatic heterocycles. The van der Waals surface area contributed by atoms with Crippen molar-refractivity contribution in [2.24, 2.45) is 0 Å². The monoisotopic (exact) mass is 181 g/mol. The van der Waals surface area contributed by atoms with Gasteiger partial charge in [0, 0.05) is 24.8 Å². The lowest BCUT2D eigenvalue weighted by atomic mass is 10.1. The second kappa shape index (κ2) is 3.50. The Morgan fingerprint density at radius 1 is 1.54 bits per heavy atom. The van der Waals surface area contributed by atoms with E-state index < -0.39 is 0 Å². The van der Waals surface area contributed by atoms with Crippen LogP contribution < -0.4 is 5.32 Å². The molecule has 2 rings (SSSR count). The van der Waals surface area contributed by atoms with Gasteiger partial charge in [0.15, 0.2) is 5.78 Å². The van der Waals surface area contributed by atoms with Crippen LogP contribution in [0.5, 0.6) is 0 Å². The van der Waals surface area contributed by atoms with Crippen LogP contribution in [0.1, 0.15) is 26.2 Å². The number of carbonyl (C=O) groups is 1. The lowest BCUT2D eigenvalue weighted by Gasteiger charge is -2.17. The molecular weight excluding hydrogens is 166 g/mol. The largest absolute Gasteiger partial charge is 0.383 e. The normalized spacial score (nSPS) is 33.6. The second-order valence-corrected chi connectivity index (χ2v) is 3.75. The lowest BCUT2D eigenvalue weighted by molar-refractivity contribution is -0.114. The molecule has 3 heteroatoms. The number of hydrogen-bond acceptors (Lipinski definition) is 3. The Morgan fingerprint density at radius 3 is 2.92 bits per heavy atom. The highest BCUT2D eigenvalue weighted by molar-refractivity contribution is 5.92. The maximum absolute atomic E-state index is 11.0. The van der Waals surface area contributed by atoms with Gasteiger partial charge in [0.1, 0.15) is 0 Å². The van der Waals surface area contributed by atoms with Crippen LogP contribution in [0.25, 0.3) is 0 Å². The minimum atomic E-state index is 0.245. The minimum absolute atomic E-state index is 0.245. The van der Waals surface area contributed by atoms with Gasteiger partial charge in [-0.2, -0.15) is 0 Å². The molecule has 0 aromatic rings. The predicted octanol–water partition coefficient (Wildman–Crippen LogP) is 1.00. The van der Waals surface area contributed by atoms with Crippen LogP contribution in [0.3, 0.4) is 0 Å². The van der Waals surface area contributed by atoms with Crippen LogP contribution in [0, 0.1) is 0 Å². The second-order valence-electron chi connectivity index (χ2n) is 3.75. The van der Waals surface area contributed by atoms with Crippen molar-refractivity contribution in [1.82, 2.24) is 5.32 Å². The Balaban J connectivity index is 1.90. The number of carbonyl (C=O) groups excluding carboxylic acids is 1. The summed E-state index contributed by atoms with van der Waals surface area (Å²) in [6, 6.07) is 0.400. The summed E-state index contributed by atoms with van der Waals surface area (Å²) in [6.45, 7) is 2.90. The summed E-state index contributed by atoms with van der Waals surface area (Å²) < 4.78 is 5.43. The molecule has 0 saturated carbocycles. The number of hydrogen-bond donors (Lipinski definition) is 1. The van der Waals surface area contributed by atoms with Gasteiger partial charge in [-0.1, -0.05) is 0 Å². The molecule has 2 aliphatic rings. The molecule has 1 aliphatic carbocycles. The maximum atomic E-state index is 11.0. The van der Waals surface area contributed by atoms with Crippen molar-refractivity contribution in [3.05, 3.63) is 11.8 Å². The van der Waals surface area contributed by atoms with Crippen molar-refractivity contribution in [3.63, 3.8) is 0 Å². The average Bonchev–Trinajstić information content (AvgIpc) is 2.64. The van der Waals surface area contributed by atoms with Crippen molar-refractivity contribution in [2.75, 3.05) is 6.61 Å². The summed E-state index contributed by atoms with van der Waals surface area (Å²) in [5.41, 5.74) is 1.09. The Morgan fingerprint density at radius 2 is 2.38 bits per heavy atom. The predicted molar refractivity (Wildman–Crippen MR) is 49.3 cm³/mol. The van der Waals surface area contributed by atoms with Gasteiger partial charge in [-0.3, -0.25) is 4.79 Å². The van der Waals surface area contributed by atoms with Gasteiger partial charge in [0.2, 0.25) is 0 Å². The summed E-state index contributed by atoms with van der Waals surface area (Å²) in [5.74, 6) is 0.245. The quantitative estimate of drug-likeness (QED) is 0.690. The van der Waals surface area contributed by atoms with Crippen molar-refractivity contribution in [1.29, 1.82) is 0 Å². The molecule has 1 aliphatic heterocycles. The van der Waals surface area contributed by atoms with E-state index in [-0.39, 0.29) is 11.9 Å². The standard InChI is InChI=1S/C10H15NO2/c1-7-10(4-5-13-7)11-8-2-3-9(12)6-8/h6-7,10-11H,2-5H2,1H3. The van der Waals surface area contributed by atoms with Gasteiger partial charge in [-0.05, 0) is 19.8 Å². The molecule has 3 nitrogen and oxygen atoms in total. The van der Waals surface area contributed by atoms with E-state index >= 15 is 0 Å². The van der Waals surface area contributed by atoms with E-state index in [1.165, 1.54) is 0 Å². The fraction of sp³-hybridized carbons (Fsp3) is 0.700. The van der Waals surface area contributed by atoms with Crippen molar-refractivity contribution in [3.8, 4) is 0 Å². The zero-order chi connectivity index (χ0) is 9.26. The van der Waals surface area contributed by atoms with E-state index in [9.17, 15) is 4.79 Å². The minimum Gasteiger partial charge on any atom is -0.383 e. The fourth-order valence-corrected chi connectivity index (χ4v) is 1.87.